The maximum Gasteiger partial charge on any atom is 0.408 e. The molecule has 0 amide bonds. The lowest BCUT2D eigenvalue weighted by molar-refractivity contribution is -0.0547. The van der Waals surface area contributed by atoms with Crippen LogP contribution in [0.25, 0.3) is 11.2 Å². The highest BCUT2D eigenvalue weighted by Gasteiger charge is 2.45. The van der Waals surface area contributed by atoms with Crippen molar-refractivity contribution in [2.24, 2.45) is 0 Å². The van der Waals surface area contributed by atoms with Gasteiger partial charge in [0.2, 0.25) is 0 Å². The first kappa shape index (κ1) is 34.3. The highest BCUT2D eigenvalue weighted by atomic mass is 31.2. The topological polar surface area (TPSA) is 225 Å². The van der Waals surface area contributed by atoms with Crippen molar-refractivity contribution in [2.45, 2.75) is 70.5 Å². The molecule has 2 aliphatic heterocycles. The molecule has 18 nitrogen and oxygen atoms in total. The summed E-state index contributed by atoms with van der Waals surface area (Å²) in [5, 5.41) is 21.0. The van der Waals surface area contributed by atoms with E-state index >= 15 is 0 Å². The number of aliphatic hydroxyl groups excluding tert-OH is 2. The molecule has 0 aliphatic carbocycles. The standard InChI is InChI=1S/C27H42N9O9P/c1-5-34(6-2)10-9-33(4)46(41,42-14-20-17(38)11-22(44-20)35-8-7-21(28)32-27(35)40)45-18-12-23(43-19(18)13-37)36-15-29-24-25(36)30-16(3)31-26(24)39/h7-8,15,17-20,22-23,37-38H,5-6,9-14H2,1-4H3,(H2,28,32,40)(H,30,31,39)/t17?,18?,19-,20-,22-,23-,46?/m1/s1. The Kier molecular flexibility index (Phi) is 10.7. The summed E-state index contributed by atoms with van der Waals surface area (Å²) < 4.78 is 43.0. The van der Waals surface area contributed by atoms with Gasteiger partial charge >= 0.3 is 13.4 Å². The zero-order valence-electron chi connectivity index (χ0n) is 26.3. The van der Waals surface area contributed by atoms with E-state index in [1.54, 1.807) is 18.5 Å². The van der Waals surface area contributed by atoms with E-state index in [2.05, 4.69) is 24.8 Å². The van der Waals surface area contributed by atoms with E-state index in [9.17, 15) is 24.4 Å². The molecule has 3 unspecified atom stereocenters. The number of ether oxygens (including phenoxy) is 2. The second-order valence-corrected chi connectivity index (χ2v) is 13.4. The lowest BCUT2D eigenvalue weighted by Crippen LogP contribution is -2.36. The minimum Gasteiger partial charge on any atom is -0.394 e. The van der Waals surface area contributed by atoms with Crippen LogP contribution in [0.4, 0.5) is 5.82 Å². The smallest absolute Gasteiger partial charge is 0.394 e. The Labute approximate surface area is 264 Å². The number of nitrogens with zero attached hydrogens (tertiary/aromatic N) is 7. The van der Waals surface area contributed by atoms with E-state index in [0.717, 1.165) is 13.1 Å². The highest BCUT2D eigenvalue weighted by Crippen LogP contribution is 2.55. The first-order valence-corrected chi connectivity index (χ1v) is 16.7. The van der Waals surface area contributed by atoms with Crippen molar-refractivity contribution in [3.05, 3.63) is 45.3 Å². The number of rotatable bonds is 14. The maximum atomic E-state index is 14.6. The van der Waals surface area contributed by atoms with Gasteiger partial charge in [0.25, 0.3) is 5.56 Å². The number of nitrogen functional groups attached to an aromatic ring is 1. The number of nitrogens with one attached hydrogen (secondary N) is 1. The first-order valence-electron chi connectivity index (χ1n) is 15.2. The minimum absolute atomic E-state index is 0.0612. The quantitative estimate of drug-likeness (QED) is 0.166. The van der Waals surface area contributed by atoms with Crippen molar-refractivity contribution in [1.82, 2.24) is 38.6 Å². The fourth-order valence-electron chi connectivity index (χ4n) is 5.57. The zero-order chi connectivity index (χ0) is 33.2. The van der Waals surface area contributed by atoms with Crippen LogP contribution in [0.2, 0.25) is 0 Å². The highest BCUT2D eigenvalue weighted by molar-refractivity contribution is 7.51. The Morgan fingerprint density at radius 3 is 2.54 bits per heavy atom. The number of likely N-dealkylation sites (N-methyl/N-ethyl adjacent to an activating group) is 2. The van der Waals surface area contributed by atoms with Crippen molar-refractivity contribution in [3.63, 3.8) is 0 Å². The van der Waals surface area contributed by atoms with E-state index in [-0.39, 0.29) is 30.8 Å². The van der Waals surface area contributed by atoms with Crippen molar-refractivity contribution < 1.29 is 33.3 Å². The Morgan fingerprint density at radius 2 is 1.85 bits per heavy atom. The Hall–Kier alpha value is -3.06. The van der Waals surface area contributed by atoms with Crippen molar-refractivity contribution in [1.29, 1.82) is 0 Å². The number of aromatic amines is 1. The van der Waals surface area contributed by atoms with Crippen molar-refractivity contribution >= 4 is 24.7 Å². The van der Waals surface area contributed by atoms with Gasteiger partial charge in [-0.25, -0.2) is 24.0 Å². The number of hydrogen-bond donors (Lipinski definition) is 4. The lowest BCUT2D eigenvalue weighted by atomic mass is 10.2. The second kappa shape index (κ2) is 14.4. The van der Waals surface area contributed by atoms with Crippen LogP contribution in [-0.2, 0) is 23.1 Å². The summed E-state index contributed by atoms with van der Waals surface area (Å²) in [5.74, 6) is 0.457. The van der Waals surface area contributed by atoms with E-state index in [4.69, 9.17) is 24.3 Å². The molecule has 3 aromatic rings. The minimum atomic E-state index is -4.11. The number of hydrogen-bond acceptors (Lipinski definition) is 14. The average molecular weight is 668 g/mol. The number of aliphatic hydroxyl groups is 2. The molecule has 0 radical (unpaired) electrons. The molecule has 0 spiro atoms. The monoisotopic (exact) mass is 667 g/mol. The molecule has 5 rings (SSSR count). The Morgan fingerprint density at radius 1 is 1.13 bits per heavy atom. The lowest BCUT2D eigenvalue weighted by Gasteiger charge is -2.32. The fourth-order valence-corrected chi connectivity index (χ4v) is 7.22. The summed E-state index contributed by atoms with van der Waals surface area (Å²) in [6, 6.07) is 1.45. The van der Waals surface area contributed by atoms with Gasteiger partial charge in [0.15, 0.2) is 11.2 Å². The van der Waals surface area contributed by atoms with Crippen molar-refractivity contribution in [2.75, 3.05) is 52.2 Å². The largest absolute Gasteiger partial charge is 0.408 e. The van der Waals surface area contributed by atoms with Crippen molar-refractivity contribution in [3.8, 4) is 0 Å². The maximum absolute atomic E-state index is 14.6. The van der Waals surface area contributed by atoms with Crippen LogP contribution in [0.1, 0.15) is 45.0 Å². The third-order valence-corrected chi connectivity index (χ3v) is 10.4. The van der Waals surface area contributed by atoms with Crippen LogP contribution in [-0.4, -0.2) is 120 Å². The van der Waals surface area contributed by atoms with Crippen LogP contribution in [0.5, 0.6) is 0 Å². The number of nitrogens with two attached hydrogens (primary N) is 1. The zero-order valence-corrected chi connectivity index (χ0v) is 27.2. The van der Waals surface area contributed by atoms with Gasteiger partial charge in [0, 0.05) is 32.1 Å². The number of H-pyrrole nitrogens is 1. The molecular weight excluding hydrogens is 625 g/mol. The molecule has 0 bridgehead atoms. The van der Waals surface area contributed by atoms with Crippen LogP contribution in [0, 0.1) is 6.92 Å². The molecule has 0 saturated carbocycles. The molecule has 5 N–H and O–H groups in total. The first-order chi connectivity index (χ1) is 22.0. The normalized spacial score (nSPS) is 26.4. The van der Waals surface area contributed by atoms with Crippen LogP contribution >= 0.6 is 7.75 Å². The summed E-state index contributed by atoms with van der Waals surface area (Å²) in [5.41, 5.74) is 5.01. The van der Waals surface area contributed by atoms with Gasteiger partial charge in [-0.15, -0.1) is 0 Å². The number of fused-ring (bicyclic) bond motifs is 1. The van der Waals surface area contributed by atoms with Gasteiger partial charge in [0.05, 0.1) is 25.6 Å². The molecule has 2 saturated heterocycles. The molecule has 5 heterocycles. The van der Waals surface area contributed by atoms with E-state index in [1.165, 1.54) is 27.8 Å². The molecule has 19 heteroatoms. The molecule has 254 valence electrons. The fraction of sp³-hybridized carbons (Fsp3) is 0.667. The summed E-state index contributed by atoms with van der Waals surface area (Å²) in [4.78, 5) is 41.7. The van der Waals surface area contributed by atoms with E-state index < -0.39 is 62.5 Å². The summed E-state index contributed by atoms with van der Waals surface area (Å²) in [6.45, 7) is 7.42. The summed E-state index contributed by atoms with van der Waals surface area (Å²) in [6.07, 6.45) is -2.25. The molecule has 46 heavy (non-hydrogen) atoms. The predicted octanol–water partition coefficient (Wildman–Crippen LogP) is -0.0212. The van der Waals surface area contributed by atoms with Gasteiger partial charge in [-0.05, 0) is 33.1 Å². The molecule has 7 atom stereocenters. The predicted molar refractivity (Wildman–Crippen MR) is 165 cm³/mol. The van der Waals surface area contributed by atoms with Crippen LogP contribution < -0.4 is 17.0 Å². The van der Waals surface area contributed by atoms with Gasteiger partial charge in [-0.2, -0.15) is 4.98 Å². The number of aryl methyl sites for hydroxylation is 1. The van der Waals surface area contributed by atoms with Crippen LogP contribution in [0.3, 0.4) is 0 Å². The van der Waals surface area contributed by atoms with E-state index in [1.807, 2.05) is 13.8 Å². The van der Waals surface area contributed by atoms with Gasteiger partial charge in [-0.1, -0.05) is 13.8 Å². The molecule has 3 aromatic heterocycles. The second-order valence-electron chi connectivity index (χ2n) is 11.3. The summed E-state index contributed by atoms with van der Waals surface area (Å²) in [7, 11) is -2.50. The molecular formula is C27H42N9O9P. The number of imidazole rings is 1. The Balaban J connectivity index is 1.34. The number of anilines is 1. The SMILES string of the molecule is CCN(CC)CCN(C)P(=O)(OC[C@H]1O[C@@H](n2ccc(N)nc2=O)CC1O)OC1C[C@H](n2cnc3c(=O)[nH]c(C)nc32)O[C@@H]1CO. The third kappa shape index (κ3) is 7.25. The molecule has 2 aliphatic rings. The number of aromatic nitrogens is 6. The Bertz CT molecular complexity index is 1660. The molecule has 2 fully saturated rings. The average Bonchev–Trinajstić information content (AvgIpc) is 3.73. The van der Waals surface area contributed by atoms with Crippen LogP contribution in [0.15, 0.2) is 28.2 Å². The van der Waals surface area contributed by atoms with Gasteiger partial charge in [-0.3, -0.25) is 23.0 Å². The summed E-state index contributed by atoms with van der Waals surface area (Å²) >= 11 is 0. The van der Waals surface area contributed by atoms with E-state index in [0.29, 0.717) is 24.6 Å². The van der Waals surface area contributed by atoms with Gasteiger partial charge < -0.3 is 35.3 Å². The third-order valence-electron chi connectivity index (χ3n) is 8.31. The van der Waals surface area contributed by atoms with Gasteiger partial charge in [0.1, 0.15) is 42.4 Å². The molecule has 0 aromatic carbocycles.